The Morgan fingerprint density at radius 1 is 1.30 bits per heavy atom. The van der Waals surface area contributed by atoms with Gasteiger partial charge in [-0.1, -0.05) is 37.0 Å². The third-order valence-corrected chi connectivity index (χ3v) is 3.14. The van der Waals surface area contributed by atoms with Gasteiger partial charge < -0.3 is 5.32 Å². The number of halogens is 3. The van der Waals surface area contributed by atoms with Crippen LogP contribution in [0.25, 0.3) is 5.69 Å². The van der Waals surface area contributed by atoms with Gasteiger partial charge in [0.25, 0.3) is 0 Å². The molecule has 0 fully saturated rings. The van der Waals surface area contributed by atoms with Crippen molar-refractivity contribution in [3.63, 3.8) is 0 Å². The lowest BCUT2D eigenvalue weighted by Gasteiger charge is -2.10. The Morgan fingerprint density at radius 2 is 1.95 bits per heavy atom. The highest BCUT2D eigenvalue weighted by Crippen LogP contribution is 2.29. The molecule has 8 heteroatoms. The second kappa shape index (κ2) is 6.47. The van der Waals surface area contributed by atoms with Crippen molar-refractivity contribution in [2.75, 3.05) is 6.54 Å². The fourth-order valence-corrected chi connectivity index (χ4v) is 2.32. The van der Waals surface area contributed by atoms with E-state index < -0.39 is 5.82 Å². The highest BCUT2D eigenvalue weighted by Gasteiger charge is 2.16. The maximum atomic E-state index is 13.2. The average Bonchev–Trinajstić information content (AvgIpc) is 2.75. The molecule has 0 bridgehead atoms. The summed E-state index contributed by atoms with van der Waals surface area (Å²) < 4.78 is 14.6. The molecule has 20 heavy (non-hydrogen) atoms. The van der Waals surface area contributed by atoms with Gasteiger partial charge in [-0.05, 0) is 35.0 Å². The highest BCUT2D eigenvalue weighted by molar-refractivity contribution is 6.37. The van der Waals surface area contributed by atoms with Crippen LogP contribution in [0, 0.1) is 11.7 Å². The second-order valence-electron chi connectivity index (χ2n) is 4.75. The average molecular weight is 318 g/mol. The molecule has 0 aliphatic heterocycles. The molecule has 1 heterocycles. The first-order valence-corrected chi connectivity index (χ1v) is 6.87. The van der Waals surface area contributed by atoms with E-state index in [1.165, 1.54) is 16.8 Å². The standard InChI is InChI=1S/C12H14Cl2FN5/c1-7(2)5-16-6-11-17-18-19-20(11)12-9(13)3-8(15)4-10(12)14/h3-4,7,16H,5-6H2,1-2H3. The second-order valence-corrected chi connectivity index (χ2v) is 5.56. The molecule has 0 saturated heterocycles. The minimum Gasteiger partial charge on any atom is -0.310 e. The number of nitrogens with zero attached hydrogens (tertiary/aromatic N) is 4. The number of rotatable bonds is 5. The van der Waals surface area contributed by atoms with Crippen molar-refractivity contribution in [3.8, 4) is 5.69 Å². The largest absolute Gasteiger partial charge is 0.310 e. The van der Waals surface area contributed by atoms with Gasteiger partial charge in [0.2, 0.25) is 0 Å². The third-order valence-electron chi connectivity index (χ3n) is 2.56. The Kier molecular flexibility index (Phi) is 4.91. The fourth-order valence-electron chi connectivity index (χ4n) is 1.70. The van der Waals surface area contributed by atoms with Crippen LogP contribution < -0.4 is 5.32 Å². The van der Waals surface area contributed by atoms with E-state index >= 15 is 0 Å². The van der Waals surface area contributed by atoms with Crippen molar-refractivity contribution < 1.29 is 4.39 Å². The summed E-state index contributed by atoms with van der Waals surface area (Å²) in [4.78, 5) is 0. The van der Waals surface area contributed by atoms with Gasteiger partial charge in [0.1, 0.15) is 11.5 Å². The van der Waals surface area contributed by atoms with E-state index in [9.17, 15) is 4.39 Å². The number of hydrogen-bond donors (Lipinski definition) is 1. The quantitative estimate of drug-likeness (QED) is 0.921. The molecule has 5 nitrogen and oxygen atoms in total. The summed E-state index contributed by atoms with van der Waals surface area (Å²) in [5.41, 5.74) is 0.376. The van der Waals surface area contributed by atoms with E-state index in [1.807, 2.05) is 0 Å². The van der Waals surface area contributed by atoms with Crippen LogP contribution in [-0.4, -0.2) is 26.8 Å². The predicted octanol–water partition coefficient (Wildman–Crippen LogP) is 2.85. The zero-order chi connectivity index (χ0) is 14.7. The molecule has 108 valence electrons. The van der Waals surface area contributed by atoms with Crippen LogP contribution in [0.15, 0.2) is 12.1 Å². The molecule has 1 N–H and O–H groups in total. The molecular weight excluding hydrogens is 304 g/mol. The minimum atomic E-state index is -0.503. The SMILES string of the molecule is CC(C)CNCc1nnnn1-c1c(Cl)cc(F)cc1Cl. The number of tetrazole rings is 1. The van der Waals surface area contributed by atoms with E-state index in [1.54, 1.807) is 0 Å². The van der Waals surface area contributed by atoms with E-state index in [0.29, 0.717) is 24.0 Å². The number of benzene rings is 1. The maximum absolute atomic E-state index is 13.2. The van der Waals surface area contributed by atoms with E-state index in [0.717, 1.165) is 6.54 Å². The minimum absolute atomic E-state index is 0.160. The van der Waals surface area contributed by atoms with E-state index in [2.05, 4.69) is 34.7 Å². The molecule has 0 radical (unpaired) electrons. The molecule has 0 atom stereocenters. The Labute approximate surface area is 126 Å². The van der Waals surface area contributed by atoms with Gasteiger partial charge >= 0.3 is 0 Å². The van der Waals surface area contributed by atoms with Crippen molar-refractivity contribution in [1.29, 1.82) is 0 Å². The Morgan fingerprint density at radius 3 is 2.55 bits per heavy atom. The van der Waals surface area contributed by atoms with Gasteiger partial charge in [0, 0.05) is 0 Å². The van der Waals surface area contributed by atoms with Crippen LogP contribution in [-0.2, 0) is 6.54 Å². The lowest BCUT2D eigenvalue weighted by Crippen LogP contribution is -2.21. The molecule has 0 spiro atoms. The maximum Gasteiger partial charge on any atom is 0.170 e. The van der Waals surface area contributed by atoms with Crippen LogP contribution in [0.1, 0.15) is 19.7 Å². The summed E-state index contributed by atoms with van der Waals surface area (Å²) in [6.07, 6.45) is 0. The normalized spacial score (nSPS) is 11.3. The first-order valence-electron chi connectivity index (χ1n) is 6.12. The highest BCUT2D eigenvalue weighted by atomic mass is 35.5. The van der Waals surface area contributed by atoms with Gasteiger partial charge in [0.15, 0.2) is 5.82 Å². The summed E-state index contributed by atoms with van der Waals surface area (Å²) in [5, 5.41) is 14.9. The Hall–Kier alpha value is -1.24. The molecule has 0 aliphatic rings. The smallest absolute Gasteiger partial charge is 0.170 e. The summed E-state index contributed by atoms with van der Waals surface area (Å²) in [5.74, 6) is 0.565. The zero-order valence-electron chi connectivity index (χ0n) is 11.1. The van der Waals surface area contributed by atoms with Gasteiger partial charge in [-0.25, -0.2) is 4.39 Å². The van der Waals surface area contributed by atoms with Gasteiger partial charge in [-0.15, -0.1) is 5.10 Å². The molecular formula is C12H14Cl2FN5. The van der Waals surface area contributed by atoms with Crippen molar-refractivity contribution in [2.24, 2.45) is 5.92 Å². The number of aromatic nitrogens is 4. The Balaban J connectivity index is 2.28. The number of hydrogen-bond acceptors (Lipinski definition) is 4. The first-order chi connectivity index (χ1) is 9.49. The first kappa shape index (κ1) is 15.2. The van der Waals surface area contributed by atoms with Crippen LogP contribution >= 0.6 is 23.2 Å². The van der Waals surface area contributed by atoms with Gasteiger partial charge in [-0.3, -0.25) is 0 Å². The summed E-state index contributed by atoms with van der Waals surface area (Å²) in [6, 6.07) is 2.35. The van der Waals surface area contributed by atoms with Gasteiger partial charge in [0.05, 0.1) is 16.6 Å². The Bertz CT molecular complexity index is 576. The number of nitrogens with one attached hydrogen (secondary N) is 1. The molecule has 0 aliphatic carbocycles. The molecule has 0 unspecified atom stereocenters. The van der Waals surface area contributed by atoms with Crippen molar-refractivity contribution >= 4 is 23.2 Å². The van der Waals surface area contributed by atoms with Crippen LogP contribution in [0.2, 0.25) is 10.0 Å². The zero-order valence-corrected chi connectivity index (χ0v) is 12.6. The van der Waals surface area contributed by atoms with E-state index in [4.69, 9.17) is 23.2 Å². The van der Waals surface area contributed by atoms with Crippen LogP contribution in [0.3, 0.4) is 0 Å². The summed E-state index contributed by atoms with van der Waals surface area (Å²) in [7, 11) is 0. The third kappa shape index (κ3) is 3.45. The molecule has 2 aromatic rings. The topological polar surface area (TPSA) is 55.6 Å². The lowest BCUT2D eigenvalue weighted by molar-refractivity contribution is 0.537. The monoisotopic (exact) mass is 317 g/mol. The summed E-state index contributed by atoms with van der Waals surface area (Å²) >= 11 is 12.0. The summed E-state index contributed by atoms with van der Waals surface area (Å²) in [6.45, 7) is 5.50. The fraction of sp³-hybridized carbons (Fsp3) is 0.417. The van der Waals surface area contributed by atoms with Crippen LogP contribution in [0.4, 0.5) is 4.39 Å². The van der Waals surface area contributed by atoms with Crippen LogP contribution in [0.5, 0.6) is 0 Å². The molecule has 2 rings (SSSR count). The lowest BCUT2D eigenvalue weighted by atomic mass is 10.2. The molecule has 0 amide bonds. The molecule has 1 aromatic heterocycles. The van der Waals surface area contributed by atoms with E-state index in [-0.39, 0.29) is 10.0 Å². The predicted molar refractivity (Wildman–Crippen MR) is 75.7 cm³/mol. The van der Waals surface area contributed by atoms with Gasteiger partial charge in [-0.2, -0.15) is 4.68 Å². The van der Waals surface area contributed by atoms with Crippen molar-refractivity contribution in [1.82, 2.24) is 25.5 Å². The van der Waals surface area contributed by atoms with Crippen molar-refractivity contribution in [2.45, 2.75) is 20.4 Å². The van der Waals surface area contributed by atoms with Crippen molar-refractivity contribution in [3.05, 3.63) is 33.8 Å². The molecule has 1 aromatic carbocycles. The molecule has 0 saturated carbocycles.